The minimum atomic E-state index is -0.155. The SMILES string of the molecule is CN=C(NCCOCC1CCCO1)NC1CCCN(c2cc(C)ccc2F)C1. The lowest BCUT2D eigenvalue weighted by Gasteiger charge is -2.35. The number of hydrogen-bond acceptors (Lipinski definition) is 4. The third-order valence-electron chi connectivity index (χ3n) is 5.29. The Balaban J connectivity index is 1.41. The van der Waals surface area contributed by atoms with Crippen LogP contribution in [0, 0.1) is 12.7 Å². The zero-order chi connectivity index (χ0) is 19.8. The van der Waals surface area contributed by atoms with E-state index < -0.39 is 0 Å². The van der Waals surface area contributed by atoms with E-state index >= 15 is 0 Å². The van der Waals surface area contributed by atoms with Gasteiger partial charge in [0.2, 0.25) is 0 Å². The van der Waals surface area contributed by atoms with Crippen molar-refractivity contribution >= 4 is 11.6 Å². The second-order valence-corrected chi connectivity index (χ2v) is 7.59. The number of rotatable bonds is 7. The van der Waals surface area contributed by atoms with E-state index in [2.05, 4.69) is 20.5 Å². The van der Waals surface area contributed by atoms with Crippen LogP contribution in [0.4, 0.5) is 10.1 Å². The monoisotopic (exact) mass is 392 g/mol. The van der Waals surface area contributed by atoms with Gasteiger partial charge in [-0.05, 0) is 50.3 Å². The molecule has 2 unspecified atom stereocenters. The van der Waals surface area contributed by atoms with E-state index in [-0.39, 0.29) is 18.0 Å². The molecule has 0 aromatic heterocycles. The van der Waals surface area contributed by atoms with Crippen molar-refractivity contribution in [2.45, 2.75) is 44.8 Å². The first kappa shape index (κ1) is 20.9. The Morgan fingerprint density at radius 1 is 1.36 bits per heavy atom. The summed E-state index contributed by atoms with van der Waals surface area (Å²) < 4.78 is 25.5. The zero-order valence-electron chi connectivity index (χ0n) is 17.0. The summed E-state index contributed by atoms with van der Waals surface area (Å²) in [6.07, 6.45) is 4.55. The second-order valence-electron chi connectivity index (χ2n) is 7.59. The van der Waals surface area contributed by atoms with E-state index in [4.69, 9.17) is 9.47 Å². The first-order valence-corrected chi connectivity index (χ1v) is 10.3. The van der Waals surface area contributed by atoms with Gasteiger partial charge >= 0.3 is 0 Å². The Hall–Kier alpha value is -1.86. The lowest BCUT2D eigenvalue weighted by atomic mass is 10.0. The van der Waals surface area contributed by atoms with Crippen molar-refractivity contribution in [1.29, 1.82) is 0 Å². The highest BCUT2D eigenvalue weighted by Gasteiger charge is 2.23. The molecule has 0 saturated carbocycles. The number of aliphatic imine (C=N–C) groups is 1. The van der Waals surface area contributed by atoms with Crippen molar-refractivity contribution in [3.8, 4) is 0 Å². The topological polar surface area (TPSA) is 58.1 Å². The molecule has 2 atom stereocenters. The molecule has 156 valence electrons. The number of benzene rings is 1. The fourth-order valence-electron chi connectivity index (χ4n) is 3.80. The van der Waals surface area contributed by atoms with Crippen LogP contribution in [0.5, 0.6) is 0 Å². The van der Waals surface area contributed by atoms with E-state index in [1.807, 2.05) is 19.1 Å². The molecule has 7 heteroatoms. The van der Waals surface area contributed by atoms with Gasteiger partial charge in [0.1, 0.15) is 5.82 Å². The summed E-state index contributed by atoms with van der Waals surface area (Å²) in [5, 5.41) is 6.76. The highest BCUT2D eigenvalue weighted by atomic mass is 19.1. The molecular formula is C21H33FN4O2. The quantitative estimate of drug-likeness (QED) is 0.424. The molecule has 3 rings (SSSR count). The maximum atomic E-state index is 14.2. The lowest BCUT2D eigenvalue weighted by Crippen LogP contribution is -2.51. The number of ether oxygens (including phenoxy) is 2. The van der Waals surface area contributed by atoms with Crippen LogP contribution in [0.15, 0.2) is 23.2 Å². The zero-order valence-corrected chi connectivity index (χ0v) is 17.0. The first-order valence-electron chi connectivity index (χ1n) is 10.3. The van der Waals surface area contributed by atoms with Gasteiger partial charge in [-0.1, -0.05) is 6.07 Å². The molecule has 28 heavy (non-hydrogen) atoms. The van der Waals surface area contributed by atoms with Crippen LogP contribution in [0.1, 0.15) is 31.2 Å². The summed E-state index contributed by atoms with van der Waals surface area (Å²) in [5.74, 6) is 0.606. The molecule has 2 N–H and O–H groups in total. The van der Waals surface area contributed by atoms with Gasteiger partial charge in [0.15, 0.2) is 5.96 Å². The van der Waals surface area contributed by atoms with E-state index in [9.17, 15) is 4.39 Å². The highest BCUT2D eigenvalue weighted by molar-refractivity contribution is 5.80. The summed E-state index contributed by atoms with van der Waals surface area (Å²) in [7, 11) is 1.77. The maximum Gasteiger partial charge on any atom is 0.191 e. The lowest BCUT2D eigenvalue weighted by molar-refractivity contribution is 0.0191. The average Bonchev–Trinajstić information content (AvgIpc) is 3.22. The van der Waals surface area contributed by atoms with Crippen LogP contribution in [-0.2, 0) is 9.47 Å². The van der Waals surface area contributed by atoms with Crippen LogP contribution in [-0.4, -0.2) is 64.6 Å². The van der Waals surface area contributed by atoms with Crippen LogP contribution in [0.3, 0.4) is 0 Å². The van der Waals surface area contributed by atoms with Crippen molar-refractivity contribution in [1.82, 2.24) is 10.6 Å². The fraction of sp³-hybridized carbons (Fsp3) is 0.667. The average molecular weight is 393 g/mol. The van der Waals surface area contributed by atoms with Gasteiger partial charge < -0.3 is 25.0 Å². The number of halogens is 1. The number of aryl methyl sites for hydroxylation is 1. The Morgan fingerprint density at radius 2 is 2.25 bits per heavy atom. The second kappa shape index (κ2) is 10.6. The highest BCUT2D eigenvalue weighted by Crippen LogP contribution is 2.24. The van der Waals surface area contributed by atoms with Gasteiger partial charge in [-0.3, -0.25) is 4.99 Å². The number of piperidine rings is 1. The summed E-state index contributed by atoms with van der Waals surface area (Å²) in [6.45, 7) is 6.45. The molecule has 1 aromatic carbocycles. The van der Waals surface area contributed by atoms with Gasteiger partial charge in [0.05, 0.1) is 25.0 Å². The largest absolute Gasteiger partial charge is 0.377 e. The summed E-state index contributed by atoms with van der Waals surface area (Å²) in [4.78, 5) is 6.43. The number of hydrogen-bond donors (Lipinski definition) is 2. The predicted molar refractivity (Wildman–Crippen MR) is 111 cm³/mol. The first-order chi connectivity index (χ1) is 13.7. The van der Waals surface area contributed by atoms with Crippen LogP contribution < -0.4 is 15.5 Å². The van der Waals surface area contributed by atoms with Crippen LogP contribution in [0.25, 0.3) is 0 Å². The van der Waals surface area contributed by atoms with Gasteiger partial charge in [0, 0.05) is 39.3 Å². The molecule has 2 aliphatic heterocycles. The normalized spacial score (nSPS) is 23.1. The van der Waals surface area contributed by atoms with Crippen molar-refractivity contribution in [2.75, 3.05) is 51.4 Å². The van der Waals surface area contributed by atoms with Gasteiger partial charge in [-0.2, -0.15) is 0 Å². The Kier molecular flexibility index (Phi) is 7.91. The molecule has 1 aromatic rings. The van der Waals surface area contributed by atoms with E-state index in [1.165, 1.54) is 0 Å². The maximum absolute atomic E-state index is 14.2. The molecule has 2 saturated heterocycles. The molecule has 2 aliphatic rings. The molecule has 0 spiro atoms. The number of anilines is 1. The van der Waals surface area contributed by atoms with Gasteiger partial charge in [-0.25, -0.2) is 4.39 Å². The van der Waals surface area contributed by atoms with E-state index in [0.717, 1.165) is 56.9 Å². The third-order valence-corrected chi connectivity index (χ3v) is 5.29. The smallest absolute Gasteiger partial charge is 0.191 e. The van der Waals surface area contributed by atoms with Crippen molar-refractivity contribution in [2.24, 2.45) is 4.99 Å². The number of nitrogens with zero attached hydrogens (tertiary/aromatic N) is 2. The molecule has 0 aliphatic carbocycles. The van der Waals surface area contributed by atoms with Gasteiger partial charge in [0.25, 0.3) is 0 Å². The van der Waals surface area contributed by atoms with Crippen LogP contribution >= 0.6 is 0 Å². The van der Waals surface area contributed by atoms with Crippen molar-refractivity contribution in [3.63, 3.8) is 0 Å². The molecule has 2 fully saturated rings. The standard InChI is InChI=1S/C21H33FN4O2/c1-16-7-8-19(22)20(13-16)26-10-3-5-17(14-26)25-21(23-2)24-9-12-27-15-18-6-4-11-28-18/h7-8,13,17-18H,3-6,9-12,14-15H2,1-2H3,(H2,23,24,25). The Labute approximate surface area is 167 Å². The minimum absolute atomic E-state index is 0.155. The van der Waals surface area contributed by atoms with E-state index in [0.29, 0.717) is 25.4 Å². The summed E-state index contributed by atoms with van der Waals surface area (Å²) in [5.41, 5.74) is 1.77. The molecule has 6 nitrogen and oxygen atoms in total. The summed E-state index contributed by atoms with van der Waals surface area (Å²) >= 11 is 0. The van der Waals surface area contributed by atoms with Crippen molar-refractivity contribution in [3.05, 3.63) is 29.6 Å². The number of guanidine groups is 1. The molecular weight excluding hydrogens is 359 g/mol. The summed E-state index contributed by atoms with van der Waals surface area (Å²) in [6, 6.07) is 5.52. The van der Waals surface area contributed by atoms with Gasteiger partial charge in [-0.15, -0.1) is 0 Å². The molecule has 2 heterocycles. The van der Waals surface area contributed by atoms with Crippen molar-refractivity contribution < 1.29 is 13.9 Å². The minimum Gasteiger partial charge on any atom is -0.377 e. The molecule has 0 bridgehead atoms. The molecule has 0 radical (unpaired) electrons. The van der Waals surface area contributed by atoms with E-state index in [1.54, 1.807) is 13.1 Å². The van der Waals surface area contributed by atoms with Crippen LogP contribution in [0.2, 0.25) is 0 Å². The number of nitrogens with one attached hydrogen (secondary N) is 2. The fourth-order valence-corrected chi connectivity index (χ4v) is 3.80. The third kappa shape index (κ3) is 6.07. The Morgan fingerprint density at radius 3 is 3.04 bits per heavy atom. The predicted octanol–water partition coefficient (Wildman–Crippen LogP) is 2.46. The Bertz CT molecular complexity index is 649. The molecule has 0 amide bonds.